The molecule has 0 aromatic heterocycles. The zero-order valence-corrected chi connectivity index (χ0v) is 22.1. The lowest BCUT2D eigenvalue weighted by Crippen LogP contribution is -2.40. The van der Waals surface area contributed by atoms with Crippen molar-refractivity contribution in [1.29, 1.82) is 0 Å². The molecule has 2 aromatic carbocycles. The van der Waals surface area contributed by atoms with E-state index >= 15 is 0 Å². The molecule has 0 heterocycles. The summed E-state index contributed by atoms with van der Waals surface area (Å²) in [5, 5.41) is 0. The quantitative estimate of drug-likeness (QED) is 0.229. The third-order valence-electron chi connectivity index (χ3n) is 7.93. The minimum absolute atomic E-state index is 0.112. The standard InChI is InChI=1S/C32H38O5/c1-21(2)26-18-13-22(3)19-30(26)37-32(35)28-12-8-7-11-27(28)31(34)36-20-29(33)25-16-14-24(15-17-25)23-9-5-4-6-10-23/h4-10,14-17,21-22,26-28,30H,11-13,18-20H2,1-3H3. The number of ketones is 1. The summed E-state index contributed by atoms with van der Waals surface area (Å²) in [5.41, 5.74) is 2.56. The van der Waals surface area contributed by atoms with Crippen LogP contribution >= 0.6 is 0 Å². The van der Waals surface area contributed by atoms with Gasteiger partial charge in [-0.1, -0.05) is 93.9 Å². The van der Waals surface area contributed by atoms with Crippen molar-refractivity contribution in [2.75, 3.05) is 6.61 Å². The number of esters is 2. The molecule has 2 aromatic rings. The van der Waals surface area contributed by atoms with Crippen molar-refractivity contribution in [3.63, 3.8) is 0 Å². The van der Waals surface area contributed by atoms with Gasteiger partial charge in [-0.3, -0.25) is 14.4 Å². The van der Waals surface area contributed by atoms with Crippen LogP contribution in [0.3, 0.4) is 0 Å². The topological polar surface area (TPSA) is 69.7 Å². The van der Waals surface area contributed by atoms with Gasteiger partial charge in [0.1, 0.15) is 6.10 Å². The van der Waals surface area contributed by atoms with Gasteiger partial charge in [-0.05, 0) is 54.6 Å². The first-order valence-corrected chi connectivity index (χ1v) is 13.5. The molecule has 0 saturated heterocycles. The zero-order valence-electron chi connectivity index (χ0n) is 22.1. The van der Waals surface area contributed by atoms with Gasteiger partial charge in [0.25, 0.3) is 0 Å². The SMILES string of the molecule is CC1CCC(C(C)C)C(OC(=O)C2CC=CCC2C(=O)OCC(=O)c2ccc(-c3ccccc3)cc2)C1. The summed E-state index contributed by atoms with van der Waals surface area (Å²) in [7, 11) is 0. The fourth-order valence-corrected chi connectivity index (χ4v) is 5.63. The first kappa shape index (κ1) is 26.8. The van der Waals surface area contributed by atoms with Gasteiger partial charge in [-0.2, -0.15) is 0 Å². The Morgan fingerprint density at radius 3 is 2.11 bits per heavy atom. The Kier molecular flexibility index (Phi) is 8.96. The van der Waals surface area contributed by atoms with Crippen molar-refractivity contribution in [2.45, 2.75) is 59.0 Å². The molecule has 0 bridgehead atoms. The molecule has 37 heavy (non-hydrogen) atoms. The lowest BCUT2D eigenvalue weighted by molar-refractivity contribution is -0.168. The predicted molar refractivity (Wildman–Crippen MR) is 144 cm³/mol. The maximum Gasteiger partial charge on any atom is 0.310 e. The fraction of sp³-hybridized carbons (Fsp3) is 0.469. The molecule has 5 unspecified atom stereocenters. The number of rotatable bonds is 8. The zero-order chi connectivity index (χ0) is 26.4. The highest BCUT2D eigenvalue weighted by atomic mass is 16.5. The van der Waals surface area contributed by atoms with Crippen LogP contribution in [0.5, 0.6) is 0 Å². The summed E-state index contributed by atoms with van der Waals surface area (Å²) in [6.07, 6.45) is 7.65. The highest BCUT2D eigenvalue weighted by molar-refractivity contribution is 5.98. The minimum Gasteiger partial charge on any atom is -0.462 e. The molecule has 1 fully saturated rings. The van der Waals surface area contributed by atoms with E-state index in [0.717, 1.165) is 30.4 Å². The number of ether oxygens (including phenoxy) is 2. The van der Waals surface area contributed by atoms with Gasteiger partial charge in [-0.25, -0.2) is 0 Å². The van der Waals surface area contributed by atoms with Gasteiger partial charge in [-0.15, -0.1) is 0 Å². The van der Waals surface area contributed by atoms with Gasteiger partial charge >= 0.3 is 11.9 Å². The molecule has 196 valence electrons. The monoisotopic (exact) mass is 502 g/mol. The van der Waals surface area contributed by atoms with Crippen LogP contribution in [0.25, 0.3) is 11.1 Å². The van der Waals surface area contributed by atoms with Crippen molar-refractivity contribution in [3.05, 3.63) is 72.3 Å². The summed E-state index contributed by atoms with van der Waals surface area (Å²) in [4.78, 5) is 38.9. The van der Waals surface area contributed by atoms with Gasteiger partial charge in [0.2, 0.25) is 0 Å². The molecular formula is C32H38O5. The van der Waals surface area contributed by atoms with Crippen LogP contribution in [-0.2, 0) is 19.1 Å². The summed E-state index contributed by atoms with van der Waals surface area (Å²) in [6, 6.07) is 17.2. The third kappa shape index (κ3) is 6.76. The summed E-state index contributed by atoms with van der Waals surface area (Å²) in [5.74, 6) is -1.02. The summed E-state index contributed by atoms with van der Waals surface area (Å²) in [6.45, 7) is 6.21. The smallest absolute Gasteiger partial charge is 0.310 e. The normalized spacial score (nSPS) is 25.5. The van der Waals surface area contributed by atoms with Crippen molar-refractivity contribution >= 4 is 17.7 Å². The van der Waals surface area contributed by atoms with Crippen LogP contribution in [0, 0.1) is 29.6 Å². The maximum absolute atomic E-state index is 13.2. The van der Waals surface area contributed by atoms with Gasteiger partial charge in [0, 0.05) is 5.56 Å². The average molecular weight is 503 g/mol. The van der Waals surface area contributed by atoms with Crippen molar-refractivity contribution in [2.24, 2.45) is 29.6 Å². The van der Waals surface area contributed by atoms with Crippen LogP contribution in [0.2, 0.25) is 0 Å². The van der Waals surface area contributed by atoms with E-state index < -0.39 is 17.8 Å². The highest BCUT2D eigenvalue weighted by Gasteiger charge is 2.40. The second-order valence-electron chi connectivity index (χ2n) is 10.9. The average Bonchev–Trinajstić information content (AvgIpc) is 2.92. The summed E-state index contributed by atoms with van der Waals surface area (Å²) >= 11 is 0. The van der Waals surface area contributed by atoms with Gasteiger partial charge in [0.15, 0.2) is 12.4 Å². The van der Waals surface area contributed by atoms with E-state index in [-0.39, 0.29) is 24.5 Å². The molecular weight excluding hydrogens is 464 g/mol. The van der Waals surface area contributed by atoms with E-state index in [0.29, 0.717) is 36.2 Å². The molecule has 0 radical (unpaired) electrons. The van der Waals surface area contributed by atoms with Crippen LogP contribution in [0.4, 0.5) is 0 Å². The molecule has 0 spiro atoms. The van der Waals surface area contributed by atoms with E-state index in [1.54, 1.807) is 12.1 Å². The number of hydrogen-bond donors (Lipinski definition) is 0. The Bertz CT molecular complexity index is 1100. The highest BCUT2D eigenvalue weighted by Crippen LogP contribution is 2.37. The van der Waals surface area contributed by atoms with E-state index in [1.807, 2.05) is 54.6 Å². The fourth-order valence-electron chi connectivity index (χ4n) is 5.63. The van der Waals surface area contributed by atoms with E-state index in [2.05, 4.69) is 20.8 Å². The number of benzene rings is 2. The van der Waals surface area contributed by atoms with Crippen LogP contribution < -0.4 is 0 Å². The van der Waals surface area contributed by atoms with E-state index in [4.69, 9.17) is 9.47 Å². The Hall–Kier alpha value is -3.21. The Balaban J connectivity index is 1.35. The Morgan fingerprint density at radius 2 is 1.46 bits per heavy atom. The van der Waals surface area contributed by atoms with E-state index in [9.17, 15) is 14.4 Å². The molecule has 4 rings (SSSR count). The lowest BCUT2D eigenvalue weighted by Gasteiger charge is -2.38. The number of allylic oxidation sites excluding steroid dienone is 2. The number of carbonyl (C=O) groups is 3. The molecule has 5 heteroatoms. The Morgan fingerprint density at radius 1 is 0.838 bits per heavy atom. The molecule has 1 saturated carbocycles. The predicted octanol–water partition coefficient (Wildman–Crippen LogP) is 6.67. The van der Waals surface area contributed by atoms with Crippen molar-refractivity contribution < 1.29 is 23.9 Å². The molecule has 2 aliphatic carbocycles. The van der Waals surface area contributed by atoms with Crippen LogP contribution in [0.15, 0.2) is 66.7 Å². The molecule has 2 aliphatic rings. The van der Waals surface area contributed by atoms with Crippen LogP contribution in [-0.4, -0.2) is 30.4 Å². The number of hydrogen-bond acceptors (Lipinski definition) is 5. The van der Waals surface area contributed by atoms with Crippen LogP contribution in [0.1, 0.15) is 63.2 Å². The minimum atomic E-state index is -0.635. The van der Waals surface area contributed by atoms with Crippen molar-refractivity contribution in [3.8, 4) is 11.1 Å². The summed E-state index contributed by atoms with van der Waals surface area (Å²) < 4.78 is 11.5. The third-order valence-corrected chi connectivity index (χ3v) is 7.93. The molecule has 0 amide bonds. The Labute approximate surface area is 220 Å². The largest absolute Gasteiger partial charge is 0.462 e. The molecule has 0 N–H and O–H groups in total. The second-order valence-corrected chi connectivity index (χ2v) is 10.9. The second kappa shape index (κ2) is 12.4. The van der Waals surface area contributed by atoms with Crippen molar-refractivity contribution in [1.82, 2.24) is 0 Å². The molecule has 5 nitrogen and oxygen atoms in total. The maximum atomic E-state index is 13.2. The number of carbonyl (C=O) groups excluding carboxylic acids is 3. The number of Topliss-reactive ketones (excluding diaryl/α,β-unsaturated/α-hetero) is 1. The first-order valence-electron chi connectivity index (χ1n) is 13.5. The van der Waals surface area contributed by atoms with Gasteiger partial charge < -0.3 is 9.47 Å². The lowest BCUT2D eigenvalue weighted by atomic mass is 9.75. The molecule has 5 atom stereocenters. The van der Waals surface area contributed by atoms with Gasteiger partial charge in [0.05, 0.1) is 11.8 Å². The van der Waals surface area contributed by atoms with E-state index in [1.165, 1.54) is 0 Å². The first-order chi connectivity index (χ1) is 17.8. The molecule has 0 aliphatic heterocycles.